The van der Waals surface area contributed by atoms with Crippen molar-refractivity contribution in [1.29, 1.82) is 0 Å². The van der Waals surface area contributed by atoms with Gasteiger partial charge < -0.3 is 4.74 Å². The number of benzene rings is 1. The smallest absolute Gasteiger partial charge is 0.436 e. The van der Waals surface area contributed by atoms with Crippen molar-refractivity contribution in [3.05, 3.63) is 47.1 Å². The Morgan fingerprint density at radius 1 is 1.23 bits per heavy atom. The fourth-order valence-electron chi connectivity index (χ4n) is 2.80. The van der Waals surface area contributed by atoms with Gasteiger partial charge in [-0.15, -0.1) is 11.3 Å². The van der Waals surface area contributed by atoms with Gasteiger partial charge in [-0.25, -0.2) is 8.42 Å². The number of esters is 1. The molecule has 3 rings (SSSR count). The molecule has 0 amide bonds. The van der Waals surface area contributed by atoms with Gasteiger partial charge in [0, 0.05) is 11.1 Å². The minimum Gasteiger partial charge on any atom is -0.465 e. The molecule has 0 spiro atoms. The lowest BCUT2D eigenvalue weighted by Crippen LogP contribution is -2.16. The number of alkyl halides is 3. The molecule has 6 nitrogen and oxygen atoms in total. The topological polar surface area (TPSA) is 78.3 Å². The third kappa shape index (κ3) is 5.10. The van der Waals surface area contributed by atoms with Crippen LogP contribution in [0, 0.1) is 0 Å². The Bertz CT molecular complexity index is 1230. The third-order valence-corrected chi connectivity index (χ3v) is 6.74. The summed E-state index contributed by atoms with van der Waals surface area (Å²) < 4.78 is 69.3. The first-order chi connectivity index (χ1) is 14.4. The summed E-state index contributed by atoms with van der Waals surface area (Å²) in [7, 11) is -3.43. The zero-order valence-corrected chi connectivity index (χ0v) is 18.6. The zero-order chi connectivity index (χ0) is 23.0. The predicted molar refractivity (Wildman–Crippen MR) is 111 cm³/mol. The fourth-order valence-corrected chi connectivity index (χ4v) is 4.93. The summed E-state index contributed by atoms with van der Waals surface area (Å²) in [6.45, 7) is 1.09. The maximum atomic E-state index is 13.3. The van der Waals surface area contributed by atoms with Gasteiger partial charge in [-0.1, -0.05) is 23.7 Å². The number of ether oxygens (including phenoxy) is 1. The van der Waals surface area contributed by atoms with Gasteiger partial charge in [0.1, 0.15) is 6.54 Å². The molecule has 2 heterocycles. The van der Waals surface area contributed by atoms with Gasteiger partial charge in [-0.2, -0.15) is 18.3 Å². The van der Waals surface area contributed by atoms with Gasteiger partial charge in [-0.3, -0.25) is 9.48 Å². The van der Waals surface area contributed by atoms with Crippen molar-refractivity contribution in [2.75, 3.05) is 12.9 Å². The molecule has 12 heteroatoms. The highest BCUT2D eigenvalue weighted by molar-refractivity contribution is 7.90. The zero-order valence-electron chi connectivity index (χ0n) is 16.2. The molecule has 0 atom stereocenters. The average molecular weight is 493 g/mol. The Morgan fingerprint density at radius 3 is 2.52 bits per heavy atom. The van der Waals surface area contributed by atoms with E-state index in [1.165, 1.54) is 18.2 Å². The summed E-state index contributed by atoms with van der Waals surface area (Å²) in [5, 5.41) is 2.86. The van der Waals surface area contributed by atoms with Gasteiger partial charge in [0.05, 0.1) is 27.1 Å². The van der Waals surface area contributed by atoms with Gasteiger partial charge in [0.25, 0.3) is 0 Å². The molecule has 0 bridgehead atoms. The van der Waals surface area contributed by atoms with Crippen LogP contribution in [0.15, 0.2) is 41.3 Å². The highest BCUT2D eigenvalue weighted by atomic mass is 35.5. The molecule has 166 valence electrons. The monoisotopic (exact) mass is 492 g/mol. The summed E-state index contributed by atoms with van der Waals surface area (Å²) in [6, 6.07) is 9.36. The lowest BCUT2D eigenvalue weighted by molar-refractivity contribution is -0.145. The van der Waals surface area contributed by atoms with Crippen LogP contribution in [0.25, 0.3) is 21.0 Å². The first kappa shape index (κ1) is 23.3. The maximum absolute atomic E-state index is 13.3. The van der Waals surface area contributed by atoms with Crippen molar-refractivity contribution in [2.45, 2.75) is 24.5 Å². The number of rotatable bonds is 6. The lowest BCUT2D eigenvalue weighted by Gasteiger charge is -2.06. The van der Waals surface area contributed by atoms with E-state index in [-0.39, 0.29) is 17.2 Å². The van der Waals surface area contributed by atoms with E-state index in [4.69, 9.17) is 16.3 Å². The number of sulfone groups is 1. The number of nitrogens with zero attached hydrogens (tertiary/aromatic N) is 2. The molecule has 0 radical (unpaired) electrons. The van der Waals surface area contributed by atoms with Crippen molar-refractivity contribution in [1.82, 2.24) is 9.78 Å². The van der Waals surface area contributed by atoms with E-state index >= 15 is 0 Å². The molecule has 0 saturated carbocycles. The van der Waals surface area contributed by atoms with Gasteiger partial charge in [0.15, 0.2) is 15.5 Å². The Labute approximate surface area is 185 Å². The van der Waals surface area contributed by atoms with Crippen molar-refractivity contribution >= 4 is 38.7 Å². The second-order valence-electron chi connectivity index (χ2n) is 6.44. The predicted octanol–water partition coefficient (Wildman–Crippen LogP) is 4.92. The molecule has 0 unspecified atom stereocenters. The van der Waals surface area contributed by atoms with Crippen LogP contribution in [0.4, 0.5) is 13.2 Å². The molecule has 0 aliphatic heterocycles. The number of aromatic nitrogens is 2. The van der Waals surface area contributed by atoms with Crippen LogP contribution in [0.1, 0.15) is 12.6 Å². The summed E-state index contributed by atoms with van der Waals surface area (Å²) in [5.41, 5.74) is -0.803. The van der Waals surface area contributed by atoms with E-state index in [0.717, 1.165) is 22.3 Å². The SMILES string of the molecule is CCOC(=O)Cn1nc(C(F)(F)F)c(Cl)c1-c1ccc(-c2cccc(S(C)(=O)=O)c2)s1. The molecule has 0 saturated heterocycles. The van der Waals surface area contributed by atoms with E-state index in [9.17, 15) is 26.4 Å². The van der Waals surface area contributed by atoms with E-state index in [0.29, 0.717) is 15.3 Å². The first-order valence-corrected chi connectivity index (χ1v) is 11.9. The molecule has 1 aromatic carbocycles. The molecular weight excluding hydrogens is 477 g/mol. The highest BCUT2D eigenvalue weighted by Gasteiger charge is 2.39. The van der Waals surface area contributed by atoms with E-state index < -0.39 is 39.2 Å². The number of carbonyl (C=O) groups excluding carboxylic acids is 1. The van der Waals surface area contributed by atoms with Crippen LogP contribution >= 0.6 is 22.9 Å². The molecule has 0 fully saturated rings. The van der Waals surface area contributed by atoms with Gasteiger partial charge in [0.2, 0.25) is 0 Å². The summed E-state index contributed by atoms with van der Waals surface area (Å²) in [5.74, 6) is -0.755. The molecule has 0 aliphatic carbocycles. The maximum Gasteiger partial charge on any atom is 0.436 e. The lowest BCUT2D eigenvalue weighted by atomic mass is 10.2. The molecule has 0 aliphatic rings. The quantitative estimate of drug-likeness (QED) is 0.456. The summed E-state index contributed by atoms with van der Waals surface area (Å²) in [6.07, 6.45) is -3.73. The largest absolute Gasteiger partial charge is 0.465 e. The Hall–Kier alpha value is -2.37. The molecule has 2 aromatic heterocycles. The molecular formula is C19H16ClF3N2O4S2. The Balaban J connectivity index is 2.08. The highest BCUT2D eigenvalue weighted by Crippen LogP contribution is 2.43. The van der Waals surface area contributed by atoms with Crippen LogP contribution < -0.4 is 0 Å². The van der Waals surface area contributed by atoms with E-state index in [1.54, 1.807) is 25.1 Å². The minimum absolute atomic E-state index is 0.0646. The normalized spacial score (nSPS) is 12.2. The van der Waals surface area contributed by atoms with Crippen LogP contribution in [0.2, 0.25) is 5.02 Å². The van der Waals surface area contributed by atoms with Crippen molar-refractivity contribution in [2.24, 2.45) is 0 Å². The summed E-state index contributed by atoms with van der Waals surface area (Å²) in [4.78, 5) is 12.9. The third-order valence-electron chi connectivity index (χ3n) is 4.13. The number of carbonyl (C=O) groups is 1. The second kappa shape index (κ2) is 8.64. The van der Waals surface area contributed by atoms with Crippen molar-refractivity contribution < 1.29 is 31.1 Å². The van der Waals surface area contributed by atoms with Crippen LogP contribution in [-0.2, 0) is 32.1 Å². The van der Waals surface area contributed by atoms with E-state index in [2.05, 4.69) is 5.10 Å². The molecule has 0 N–H and O–H groups in total. The number of halogens is 4. The van der Waals surface area contributed by atoms with E-state index in [1.807, 2.05) is 0 Å². The van der Waals surface area contributed by atoms with Crippen molar-refractivity contribution in [3.63, 3.8) is 0 Å². The number of hydrogen-bond donors (Lipinski definition) is 0. The fraction of sp³-hybridized carbons (Fsp3) is 0.263. The van der Waals surface area contributed by atoms with Crippen molar-refractivity contribution in [3.8, 4) is 21.0 Å². The van der Waals surface area contributed by atoms with Crippen LogP contribution in [-0.4, -0.2) is 37.0 Å². The van der Waals surface area contributed by atoms with Gasteiger partial charge >= 0.3 is 12.1 Å². The first-order valence-electron chi connectivity index (χ1n) is 8.81. The Kier molecular flexibility index (Phi) is 6.49. The molecule has 3 aromatic rings. The number of hydrogen-bond acceptors (Lipinski definition) is 6. The van der Waals surface area contributed by atoms with Crippen LogP contribution in [0.3, 0.4) is 0 Å². The average Bonchev–Trinajstić information content (AvgIpc) is 3.25. The number of thiophene rings is 1. The van der Waals surface area contributed by atoms with Crippen LogP contribution in [0.5, 0.6) is 0 Å². The summed E-state index contributed by atoms with van der Waals surface area (Å²) >= 11 is 7.11. The molecule has 31 heavy (non-hydrogen) atoms. The Morgan fingerprint density at radius 2 is 1.90 bits per heavy atom. The second-order valence-corrected chi connectivity index (χ2v) is 9.91. The van der Waals surface area contributed by atoms with Gasteiger partial charge in [-0.05, 0) is 36.8 Å². The standard InChI is InChI=1S/C19H16ClF3N2O4S2/c1-3-29-15(26)10-25-17(16(20)18(24-25)19(21,22)23)14-8-7-13(30-14)11-5-4-6-12(9-11)31(2,27)28/h4-9H,3,10H2,1-2H3. The minimum atomic E-state index is -4.81.